The monoisotopic (exact) mass is 288 g/mol. The van der Waals surface area contributed by atoms with Gasteiger partial charge in [0.1, 0.15) is 10.0 Å². The Kier molecular flexibility index (Phi) is 3.94. The summed E-state index contributed by atoms with van der Waals surface area (Å²) in [5.74, 6) is 0.303. The number of rotatable bonds is 3. The topological polar surface area (TPSA) is 50.3 Å². The molecule has 2 heterocycles. The molecule has 0 aromatic carbocycles. The van der Waals surface area contributed by atoms with Crippen molar-refractivity contribution in [1.29, 1.82) is 0 Å². The zero-order valence-corrected chi connectivity index (χ0v) is 12.1. The van der Waals surface area contributed by atoms with E-state index in [0.717, 1.165) is 12.8 Å². The highest BCUT2D eigenvalue weighted by Gasteiger charge is 2.37. The number of sulfonamides is 1. The van der Waals surface area contributed by atoms with Crippen LogP contribution in [0.4, 0.5) is 0 Å². The fourth-order valence-electron chi connectivity index (χ4n) is 2.42. The number of hydrogen-bond acceptors (Lipinski definition) is 3. The molecule has 1 unspecified atom stereocenters. The first-order valence-corrected chi connectivity index (χ1v) is 7.88. The number of nitrogens with zero attached hydrogens (tertiary/aromatic N) is 2. The van der Waals surface area contributed by atoms with E-state index >= 15 is 0 Å². The van der Waals surface area contributed by atoms with Crippen LogP contribution in [0.15, 0.2) is 23.2 Å². The van der Waals surface area contributed by atoms with Gasteiger partial charge >= 0.3 is 0 Å². The molecular formula is C12H17ClN2O2S. The van der Waals surface area contributed by atoms with E-state index in [-0.39, 0.29) is 16.1 Å². The summed E-state index contributed by atoms with van der Waals surface area (Å²) in [5.41, 5.74) is 0. The molecule has 1 aliphatic heterocycles. The second-order valence-corrected chi connectivity index (χ2v) is 7.08. The summed E-state index contributed by atoms with van der Waals surface area (Å²) in [5, 5.41) is 0.0481. The van der Waals surface area contributed by atoms with Gasteiger partial charge in [-0.1, -0.05) is 25.4 Å². The zero-order chi connectivity index (χ0) is 13.3. The van der Waals surface area contributed by atoms with Crippen LogP contribution in [0.1, 0.15) is 26.7 Å². The number of pyridine rings is 1. The van der Waals surface area contributed by atoms with E-state index in [0.29, 0.717) is 12.5 Å². The highest BCUT2D eigenvalue weighted by atomic mass is 35.5. The molecule has 6 heteroatoms. The highest BCUT2D eigenvalue weighted by Crippen LogP contribution is 2.31. The Labute approximate surface area is 113 Å². The van der Waals surface area contributed by atoms with E-state index in [1.807, 2.05) is 13.8 Å². The van der Waals surface area contributed by atoms with E-state index in [1.54, 1.807) is 10.4 Å². The Bertz CT molecular complexity index is 531. The van der Waals surface area contributed by atoms with Crippen LogP contribution >= 0.6 is 11.6 Å². The predicted octanol–water partition coefficient (Wildman–Crippen LogP) is 2.54. The van der Waals surface area contributed by atoms with Gasteiger partial charge in [0.15, 0.2) is 0 Å². The fraction of sp³-hybridized carbons (Fsp3) is 0.583. The minimum absolute atomic E-state index is 0.0481. The third-order valence-corrected chi connectivity index (χ3v) is 5.70. The van der Waals surface area contributed by atoms with E-state index in [4.69, 9.17) is 11.6 Å². The lowest BCUT2D eigenvalue weighted by Gasteiger charge is -2.27. The largest absolute Gasteiger partial charge is 0.246 e. The van der Waals surface area contributed by atoms with Crippen molar-refractivity contribution in [2.24, 2.45) is 5.92 Å². The molecule has 1 aliphatic rings. The summed E-state index contributed by atoms with van der Waals surface area (Å²) in [4.78, 5) is 3.96. The van der Waals surface area contributed by atoms with Gasteiger partial charge in [-0.25, -0.2) is 13.4 Å². The van der Waals surface area contributed by atoms with Crippen LogP contribution < -0.4 is 0 Å². The van der Waals surface area contributed by atoms with Crippen molar-refractivity contribution in [2.45, 2.75) is 37.6 Å². The van der Waals surface area contributed by atoms with Crippen LogP contribution in [0.5, 0.6) is 0 Å². The average Bonchev–Trinajstić information content (AvgIpc) is 2.78. The van der Waals surface area contributed by atoms with E-state index in [2.05, 4.69) is 4.98 Å². The summed E-state index contributed by atoms with van der Waals surface area (Å²) >= 11 is 5.90. The Morgan fingerprint density at radius 2 is 2.22 bits per heavy atom. The summed E-state index contributed by atoms with van der Waals surface area (Å²) in [6.45, 7) is 4.66. The molecule has 18 heavy (non-hydrogen) atoms. The van der Waals surface area contributed by atoms with Crippen LogP contribution in [0, 0.1) is 5.92 Å². The van der Waals surface area contributed by atoms with Gasteiger partial charge in [0.2, 0.25) is 10.0 Å². The molecular weight excluding hydrogens is 272 g/mol. The lowest BCUT2D eigenvalue weighted by molar-refractivity contribution is 0.315. The van der Waals surface area contributed by atoms with Crippen LogP contribution in [0.25, 0.3) is 0 Å². The number of aromatic nitrogens is 1. The van der Waals surface area contributed by atoms with Gasteiger partial charge in [-0.15, -0.1) is 0 Å². The smallest absolute Gasteiger partial charge is 0.243 e. The van der Waals surface area contributed by atoms with Crippen LogP contribution in [0.2, 0.25) is 5.15 Å². The van der Waals surface area contributed by atoms with Crippen molar-refractivity contribution in [3.63, 3.8) is 0 Å². The molecule has 1 atom stereocenters. The molecule has 100 valence electrons. The maximum Gasteiger partial charge on any atom is 0.246 e. The summed E-state index contributed by atoms with van der Waals surface area (Å²) in [6.07, 6.45) is 3.31. The summed E-state index contributed by atoms with van der Waals surface area (Å²) in [7, 11) is -3.52. The number of hydrogen-bond donors (Lipinski definition) is 0. The summed E-state index contributed by atoms with van der Waals surface area (Å²) in [6, 6.07) is 3.17. The molecule has 2 rings (SSSR count). The lowest BCUT2D eigenvalue weighted by atomic mass is 10.0. The minimum Gasteiger partial charge on any atom is -0.243 e. The SMILES string of the molecule is CC(C)C1CCCN1S(=O)(=O)c1cccnc1Cl. The Balaban J connectivity index is 2.40. The van der Waals surface area contributed by atoms with Gasteiger partial charge in [0.05, 0.1) is 0 Å². The van der Waals surface area contributed by atoms with Gasteiger partial charge in [-0.05, 0) is 30.9 Å². The molecule has 0 aliphatic carbocycles. The quantitative estimate of drug-likeness (QED) is 0.803. The van der Waals surface area contributed by atoms with Crippen molar-refractivity contribution < 1.29 is 8.42 Å². The third kappa shape index (κ3) is 2.39. The second-order valence-electron chi connectivity index (χ2n) is 4.86. The standard InChI is InChI=1S/C12H17ClN2O2S/c1-9(2)10-5-4-8-15(10)18(16,17)11-6-3-7-14-12(11)13/h3,6-7,9-10H,4-5,8H2,1-2H3. The number of halogens is 1. The zero-order valence-electron chi connectivity index (χ0n) is 10.5. The fourth-order valence-corrected chi connectivity index (χ4v) is 4.68. The Morgan fingerprint density at radius 3 is 2.83 bits per heavy atom. The first-order valence-electron chi connectivity index (χ1n) is 6.07. The maximum atomic E-state index is 12.6. The average molecular weight is 289 g/mol. The molecule has 0 amide bonds. The lowest BCUT2D eigenvalue weighted by Crippen LogP contribution is -2.38. The molecule has 1 aromatic rings. The molecule has 0 saturated carbocycles. The van der Waals surface area contributed by atoms with Crippen molar-refractivity contribution in [3.05, 3.63) is 23.5 Å². The molecule has 0 radical (unpaired) electrons. The van der Waals surface area contributed by atoms with Crippen molar-refractivity contribution in [2.75, 3.05) is 6.54 Å². The van der Waals surface area contributed by atoms with Gasteiger partial charge < -0.3 is 0 Å². The third-order valence-electron chi connectivity index (χ3n) is 3.33. The van der Waals surface area contributed by atoms with Crippen LogP contribution in [0.3, 0.4) is 0 Å². The van der Waals surface area contributed by atoms with Crippen molar-refractivity contribution >= 4 is 21.6 Å². The van der Waals surface area contributed by atoms with Crippen molar-refractivity contribution in [3.8, 4) is 0 Å². The second kappa shape index (κ2) is 5.15. The highest BCUT2D eigenvalue weighted by molar-refractivity contribution is 7.89. The van der Waals surface area contributed by atoms with E-state index in [1.165, 1.54) is 12.3 Å². The predicted molar refractivity (Wildman–Crippen MR) is 71.0 cm³/mol. The Morgan fingerprint density at radius 1 is 1.50 bits per heavy atom. The van der Waals surface area contributed by atoms with Crippen molar-refractivity contribution in [1.82, 2.24) is 9.29 Å². The minimum atomic E-state index is -3.52. The normalized spacial score (nSPS) is 21.7. The maximum absolute atomic E-state index is 12.6. The van der Waals surface area contributed by atoms with E-state index < -0.39 is 10.0 Å². The molecule has 1 aromatic heterocycles. The molecule has 1 saturated heterocycles. The van der Waals surface area contributed by atoms with Gasteiger partial charge in [-0.3, -0.25) is 0 Å². The van der Waals surface area contributed by atoms with Gasteiger partial charge in [0, 0.05) is 18.8 Å². The molecule has 4 nitrogen and oxygen atoms in total. The van der Waals surface area contributed by atoms with Crippen LogP contribution in [-0.4, -0.2) is 30.3 Å². The molecule has 0 spiro atoms. The summed E-state index contributed by atoms with van der Waals surface area (Å²) < 4.78 is 26.7. The van der Waals surface area contributed by atoms with Gasteiger partial charge in [-0.2, -0.15) is 4.31 Å². The molecule has 1 fully saturated rings. The Hall–Kier alpha value is -0.650. The molecule has 0 bridgehead atoms. The van der Waals surface area contributed by atoms with Gasteiger partial charge in [0.25, 0.3) is 0 Å². The van der Waals surface area contributed by atoms with Crippen LogP contribution in [-0.2, 0) is 10.0 Å². The first kappa shape index (κ1) is 13.8. The molecule has 0 N–H and O–H groups in total. The first-order chi connectivity index (χ1) is 8.44. The van der Waals surface area contributed by atoms with E-state index in [9.17, 15) is 8.42 Å².